The van der Waals surface area contributed by atoms with Gasteiger partial charge >= 0.3 is 5.97 Å². The van der Waals surface area contributed by atoms with Gasteiger partial charge in [0.25, 0.3) is 0 Å². The van der Waals surface area contributed by atoms with Crippen LogP contribution >= 0.6 is 0 Å². The first-order valence-corrected chi connectivity index (χ1v) is 7.97. The Balaban J connectivity index is 3.49. The van der Waals surface area contributed by atoms with Crippen molar-refractivity contribution < 1.29 is 9.53 Å². The zero-order valence-electron chi connectivity index (χ0n) is 13.1. The zero-order valence-corrected chi connectivity index (χ0v) is 13.1. The maximum atomic E-state index is 11.4. The molecule has 20 heavy (non-hydrogen) atoms. The normalized spacial score (nSPS) is 12.2. The maximum absolute atomic E-state index is 11.4. The third-order valence-electron chi connectivity index (χ3n) is 3.23. The minimum absolute atomic E-state index is 0.349. The molecule has 0 spiro atoms. The van der Waals surface area contributed by atoms with E-state index < -0.39 is 5.92 Å². The summed E-state index contributed by atoms with van der Waals surface area (Å²) in [6.45, 7) is 4.32. The highest BCUT2D eigenvalue weighted by atomic mass is 16.5. The van der Waals surface area contributed by atoms with Gasteiger partial charge in [-0.2, -0.15) is 5.26 Å². The first-order valence-electron chi connectivity index (χ1n) is 7.97. The first-order chi connectivity index (χ1) is 9.76. The summed E-state index contributed by atoms with van der Waals surface area (Å²) in [6, 6.07) is 2.03. The highest BCUT2D eigenvalue weighted by Crippen LogP contribution is 2.13. The molecular formula is C17H29NO2. The van der Waals surface area contributed by atoms with Gasteiger partial charge in [-0.3, -0.25) is 4.79 Å². The van der Waals surface area contributed by atoms with E-state index in [1.807, 2.05) is 6.07 Å². The van der Waals surface area contributed by atoms with E-state index in [4.69, 9.17) is 10.00 Å². The summed E-state index contributed by atoms with van der Waals surface area (Å²) in [5.41, 5.74) is 0. The standard InChI is InChI=1S/C17H29NO2/c1-3-5-6-7-8-9-10-11-12-13-14-16(15-18)17(19)20-4-2/h7-8,16H,3-6,9-14H2,1-2H3/b8-7-. The van der Waals surface area contributed by atoms with Crippen molar-refractivity contribution in [1.82, 2.24) is 0 Å². The molecule has 0 fully saturated rings. The molecule has 0 radical (unpaired) electrons. The van der Waals surface area contributed by atoms with Crippen molar-refractivity contribution in [3.8, 4) is 6.07 Å². The number of allylic oxidation sites excluding steroid dienone is 2. The maximum Gasteiger partial charge on any atom is 0.323 e. The number of carbonyl (C=O) groups excluding carboxylic acids is 1. The fraction of sp³-hybridized carbons (Fsp3) is 0.765. The molecule has 1 unspecified atom stereocenters. The van der Waals surface area contributed by atoms with Crippen molar-refractivity contribution in [2.45, 2.75) is 71.6 Å². The van der Waals surface area contributed by atoms with Crippen molar-refractivity contribution in [3.63, 3.8) is 0 Å². The second-order valence-corrected chi connectivity index (χ2v) is 5.04. The molecule has 0 aliphatic rings. The van der Waals surface area contributed by atoms with Crippen molar-refractivity contribution in [2.75, 3.05) is 6.61 Å². The molecule has 0 aromatic carbocycles. The summed E-state index contributed by atoms with van der Waals surface area (Å²) < 4.78 is 4.87. The quantitative estimate of drug-likeness (QED) is 0.293. The molecule has 114 valence electrons. The van der Waals surface area contributed by atoms with Gasteiger partial charge in [-0.05, 0) is 32.6 Å². The van der Waals surface area contributed by atoms with Gasteiger partial charge in [-0.1, -0.05) is 51.2 Å². The molecule has 3 heteroatoms. The smallest absolute Gasteiger partial charge is 0.323 e. The van der Waals surface area contributed by atoms with Crippen LogP contribution in [-0.2, 0) is 9.53 Å². The van der Waals surface area contributed by atoms with Crippen molar-refractivity contribution in [3.05, 3.63) is 12.2 Å². The zero-order chi connectivity index (χ0) is 15.1. The van der Waals surface area contributed by atoms with Crippen LogP contribution in [-0.4, -0.2) is 12.6 Å². The van der Waals surface area contributed by atoms with Crippen LogP contribution in [0, 0.1) is 17.2 Å². The van der Waals surface area contributed by atoms with E-state index in [9.17, 15) is 4.79 Å². The number of esters is 1. The van der Waals surface area contributed by atoms with Gasteiger partial charge in [0.05, 0.1) is 12.7 Å². The fourth-order valence-corrected chi connectivity index (χ4v) is 2.00. The van der Waals surface area contributed by atoms with E-state index in [2.05, 4.69) is 19.1 Å². The van der Waals surface area contributed by atoms with Crippen LogP contribution in [0.3, 0.4) is 0 Å². The van der Waals surface area contributed by atoms with Gasteiger partial charge < -0.3 is 4.74 Å². The third-order valence-corrected chi connectivity index (χ3v) is 3.23. The van der Waals surface area contributed by atoms with E-state index in [1.165, 1.54) is 32.1 Å². The summed E-state index contributed by atoms with van der Waals surface area (Å²) in [5.74, 6) is -0.947. The van der Waals surface area contributed by atoms with Gasteiger partial charge in [0, 0.05) is 0 Å². The van der Waals surface area contributed by atoms with E-state index in [-0.39, 0.29) is 5.97 Å². The summed E-state index contributed by atoms with van der Waals surface area (Å²) in [7, 11) is 0. The summed E-state index contributed by atoms with van der Waals surface area (Å²) in [5, 5.41) is 8.91. The number of unbranched alkanes of at least 4 members (excludes halogenated alkanes) is 6. The largest absolute Gasteiger partial charge is 0.465 e. The van der Waals surface area contributed by atoms with Gasteiger partial charge in [-0.25, -0.2) is 0 Å². The molecule has 3 nitrogen and oxygen atoms in total. The molecule has 0 aliphatic heterocycles. The molecule has 0 aromatic heterocycles. The second kappa shape index (κ2) is 14.1. The molecule has 0 amide bonds. The van der Waals surface area contributed by atoms with E-state index in [0.29, 0.717) is 13.0 Å². The molecule has 0 bridgehead atoms. The lowest BCUT2D eigenvalue weighted by Crippen LogP contribution is -2.16. The van der Waals surface area contributed by atoms with E-state index in [1.54, 1.807) is 6.92 Å². The predicted molar refractivity (Wildman–Crippen MR) is 82.1 cm³/mol. The molecule has 0 heterocycles. The Morgan fingerprint density at radius 3 is 2.35 bits per heavy atom. The minimum atomic E-state index is -0.580. The van der Waals surface area contributed by atoms with E-state index >= 15 is 0 Å². The topological polar surface area (TPSA) is 50.1 Å². The number of carbonyl (C=O) groups is 1. The van der Waals surface area contributed by atoms with Gasteiger partial charge in [-0.15, -0.1) is 0 Å². The van der Waals surface area contributed by atoms with Crippen LogP contribution in [0.5, 0.6) is 0 Å². The monoisotopic (exact) mass is 279 g/mol. The molecule has 0 N–H and O–H groups in total. The molecule has 0 saturated carbocycles. The fourth-order valence-electron chi connectivity index (χ4n) is 2.00. The lowest BCUT2D eigenvalue weighted by Gasteiger charge is -2.07. The SMILES string of the molecule is CCCC/C=C\CCCCCCC(C#N)C(=O)OCC. The lowest BCUT2D eigenvalue weighted by molar-refractivity contribution is -0.146. The van der Waals surface area contributed by atoms with E-state index in [0.717, 1.165) is 19.3 Å². The Labute approximate surface area is 124 Å². The Morgan fingerprint density at radius 2 is 1.75 bits per heavy atom. The Morgan fingerprint density at radius 1 is 1.10 bits per heavy atom. The number of nitrogens with zero attached hydrogens (tertiary/aromatic N) is 1. The average Bonchev–Trinajstić information content (AvgIpc) is 2.45. The lowest BCUT2D eigenvalue weighted by atomic mass is 10.0. The van der Waals surface area contributed by atoms with Crippen LogP contribution in [0.4, 0.5) is 0 Å². The first kappa shape index (κ1) is 18.7. The number of nitriles is 1. The van der Waals surface area contributed by atoms with Gasteiger partial charge in [0.15, 0.2) is 0 Å². The molecule has 0 aromatic rings. The Hall–Kier alpha value is -1.30. The van der Waals surface area contributed by atoms with Gasteiger partial charge in [0.1, 0.15) is 5.92 Å². The minimum Gasteiger partial charge on any atom is -0.465 e. The molecule has 0 saturated heterocycles. The molecule has 0 rings (SSSR count). The third kappa shape index (κ3) is 10.6. The Bertz CT molecular complexity index is 305. The highest BCUT2D eigenvalue weighted by Gasteiger charge is 2.17. The number of hydrogen-bond donors (Lipinski definition) is 0. The highest BCUT2D eigenvalue weighted by molar-refractivity contribution is 5.75. The molecule has 1 atom stereocenters. The van der Waals surface area contributed by atoms with Crippen molar-refractivity contribution in [2.24, 2.45) is 5.92 Å². The number of ether oxygens (including phenoxy) is 1. The summed E-state index contributed by atoms with van der Waals surface area (Å²) in [6.07, 6.45) is 14.4. The summed E-state index contributed by atoms with van der Waals surface area (Å²) >= 11 is 0. The molecule has 0 aliphatic carbocycles. The number of rotatable bonds is 12. The van der Waals surface area contributed by atoms with Crippen LogP contribution in [0.1, 0.15) is 71.6 Å². The predicted octanol–water partition coefficient (Wildman–Crippen LogP) is 4.78. The number of hydrogen-bond acceptors (Lipinski definition) is 3. The Kier molecular flexibility index (Phi) is 13.2. The van der Waals surface area contributed by atoms with Crippen LogP contribution in [0.15, 0.2) is 12.2 Å². The van der Waals surface area contributed by atoms with Crippen molar-refractivity contribution in [1.29, 1.82) is 5.26 Å². The second-order valence-electron chi connectivity index (χ2n) is 5.04. The van der Waals surface area contributed by atoms with Crippen LogP contribution in [0.2, 0.25) is 0 Å². The van der Waals surface area contributed by atoms with Crippen LogP contribution < -0.4 is 0 Å². The van der Waals surface area contributed by atoms with Crippen molar-refractivity contribution >= 4 is 5.97 Å². The summed E-state index contributed by atoms with van der Waals surface area (Å²) in [4.78, 5) is 11.4. The molecular weight excluding hydrogens is 250 g/mol. The van der Waals surface area contributed by atoms with Gasteiger partial charge in [0.2, 0.25) is 0 Å². The van der Waals surface area contributed by atoms with Crippen LogP contribution in [0.25, 0.3) is 0 Å². The average molecular weight is 279 g/mol.